The number of amides is 1. The van der Waals surface area contributed by atoms with Gasteiger partial charge in [0.05, 0.1) is 17.3 Å². The average molecular weight is 531 g/mol. The maximum Gasteiger partial charge on any atom is 0.416 e. The lowest BCUT2D eigenvalue weighted by Gasteiger charge is -2.19. The molecule has 2 aromatic carbocycles. The number of likely N-dealkylation sites (tertiary alicyclic amines) is 1. The van der Waals surface area contributed by atoms with E-state index in [1.807, 2.05) is 12.1 Å². The lowest BCUT2D eigenvalue weighted by atomic mass is 9.93. The summed E-state index contributed by atoms with van der Waals surface area (Å²) in [7, 11) is 0. The van der Waals surface area contributed by atoms with Crippen LogP contribution in [0.3, 0.4) is 0 Å². The Morgan fingerprint density at radius 1 is 0.921 bits per heavy atom. The summed E-state index contributed by atoms with van der Waals surface area (Å²) in [6, 6.07) is 9.18. The van der Waals surface area contributed by atoms with Crippen molar-refractivity contribution in [2.24, 2.45) is 0 Å². The Kier molecular flexibility index (Phi) is 6.46. The molecule has 0 aliphatic carbocycles. The van der Waals surface area contributed by atoms with Crippen LogP contribution in [0.15, 0.2) is 77.8 Å². The molecule has 1 atom stereocenters. The molecule has 196 valence electrons. The quantitative estimate of drug-likeness (QED) is 0.264. The maximum absolute atomic E-state index is 13.5. The standard InChI is InChI=1S/C27H19F6N3O2/c28-26(29,30)20-10-19(11-21(13-20)27(31,32)33)22-4-3-16(12-23(22)24-35-7-9-38-24)25(37)36-8-5-18(15-36)17-2-1-6-34-14-17/h1-4,6-7,9-14,18H,5,8,15H2. The van der Waals surface area contributed by atoms with Crippen LogP contribution in [0.1, 0.15) is 39.4 Å². The molecule has 1 aliphatic heterocycles. The molecule has 1 saturated heterocycles. The fourth-order valence-electron chi connectivity index (χ4n) is 4.59. The number of carbonyl (C=O) groups is 1. The summed E-state index contributed by atoms with van der Waals surface area (Å²) in [6.07, 6.45) is -3.36. The highest BCUT2D eigenvalue weighted by molar-refractivity contribution is 5.97. The minimum atomic E-state index is -5.00. The summed E-state index contributed by atoms with van der Waals surface area (Å²) >= 11 is 0. The van der Waals surface area contributed by atoms with Crippen molar-refractivity contribution >= 4 is 5.91 Å². The molecular formula is C27H19F6N3O2. The van der Waals surface area contributed by atoms with E-state index in [1.165, 1.54) is 30.7 Å². The molecule has 1 unspecified atom stereocenters. The highest BCUT2D eigenvalue weighted by atomic mass is 19.4. The van der Waals surface area contributed by atoms with Gasteiger partial charge in [-0.3, -0.25) is 9.78 Å². The molecule has 0 saturated carbocycles. The van der Waals surface area contributed by atoms with Crippen molar-refractivity contribution in [2.75, 3.05) is 13.1 Å². The first-order valence-corrected chi connectivity index (χ1v) is 11.5. The number of oxazole rings is 1. The van der Waals surface area contributed by atoms with Crippen molar-refractivity contribution in [1.82, 2.24) is 14.9 Å². The van der Waals surface area contributed by atoms with Crippen molar-refractivity contribution in [3.8, 4) is 22.6 Å². The van der Waals surface area contributed by atoms with Crippen LogP contribution in [-0.4, -0.2) is 33.9 Å². The number of benzene rings is 2. The van der Waals surface area contributed by atoms with E-state index in [0.29, 0.717) is 25.2 Å². The fraction of sp³-hybridized carbons (Fsp3) is 0.222. The smallest absolute Gasteiger partial charge is 0.416 e. The number of halogens is 6. The molecule has 5 nitrogen and oxygen atoms in total. The highest BCUT2D eigenvalue weighted by Gasteiger charge is 2.37. The minimum absolute atomic E-state index is 0.00950. The first-order chi connectivity index (χ1) is 18.0. The van der Waals surface area contributed by atoms with Gasteiger partial charge in [0.2, 0.25) is 5.89 Å². The van der Waals surface area contributed by atoms with Gasteiger partial charge in [0.15, 0.2) is 0 Å². The Hall–Kier alpha value is -4.15. The Bertz CT molecular complexity index is 1420. The molecule has 5 rings (SSSR count). The number of pyridine rings is 1. The number of rotatable bonds is 4. The lowest BCUT2D eigenvalue weighted by Crippen LogP contribution is -2.28. The van der Waals surface area contributed by atoms with Gasteiger partial charge in [0.25, 0.3) is 5.91 Å². The third kappa shape index (κ3) is 5.13. The maximum atomic E-state index is 13.5. The van der Waals surface area contributed by atoms with Crippen molar-refractivity contribution in [2.45, 2.75) is 24.7 Å². The molecule has 1 amide bonds. The van der Waals surface area contributed by atoms with E-state index in [9.17, 15) is 31.1 Å². The van der Waals surface area contributed by atoms with Crippen LogP contribution in [0.5, 0.6) is 0 Å². The van der Waals surface area contributed by atoms with Gasteiger partial charge in [0.1, 0.15) is 6.26 Å². The second-order valence-corrected chi connectivity index (χ2v) is 8.92. The van der Waals surface area contributed by atoms with Gasteiger partial charge in [-0.05, 0) is 59.5 Å². The third-order valence-corrected chi connectivity index (χ3v) is 6.46. The molecule has 2 aromatic heterocycles. The van der Waals surface area contributed by atoms with Crippen LogP contribution in [0, 0.1) is 0 Å². The van der Waals surface area contributed by atoms with Crippen LogP contribution < -0.4 is 0 Å². The molecule has 4 aromatic rings. The molecule has 0 bridgehead atoms. The Morgan fingerprint density at radius 3 is 2.26 bits per heavy atom. The molecule has 11 heteroatoms. The number of aromatic nitrogens is 2. The number of hydrogen-bond acceptors (Lipinski definition) is 4. The summed E-state index contributed by atoms with van der Waals surface area (Å²) in [4.78, 5) is 23.1. The topological polar surface area (TPSA) is 59.2 Å². The molecular weight excluding hydrogens is 512 g/mol. The van der Waals surface area contributed by atoms with Crippen molar-refractivity contribution in [3.05, 3.63) is 95.6 Å². The summed E-state index contributed by atoms with van der Waals surface area (Å²) in [6.45, 7) is 0.931. The van der Waals surface area contributed by atoms with Gasteiger partial charge in [-0.2, -0.15) is 26.3 Å². The SMILES string of the molecule is O=C(c1ccc(-c2cc(C(F)(F)F)cc(C(F)(F)F)c2)c(-c2ncco2)c1)N1CCC(c2cccnc2)C1. The Balaban J connectivity index is 1.54. The van der Waals surface area contributed by atoms with Crippen LogP contribution >= 0.6 is 0 Å². The van der Waals surface area contributed by atoms with Gasteiger partial charge in [-0.25, -0.2) is 4.98 Å². The van der Waals surface area contributed by atoms with Crippen molar-refractivity contribution in [1.29, 1.82) is 0 Å². The second kappa shape index (κ2) is 9.62. The zero-order valence-corrected chi connectivity index (χ0v) is 19.6. The van der Waals surface area contributed by atoms with Crippen LogP contribution in [0.4, 0.5) is 26.3 Å². The van der Waals surface area contributed by atoms with E-state index in [4.69, 9.17) is 4.42 Å². The largest absolute Gasteiger partial charge is 0.445 e. The first kappa shape index (κ1) is 25.5. The van der Waals surface area contributed by atoms with Gasteiger partial charge in [-0.1, -0.05) is 12.1 Å². The van der Waals surface area contributed by atoms with Crippen LogP contribution in [0.2, 0.25) is 0 Å². The van der Waals surface area contributed by atoms with Crippen molar-refractivity contribution < 1.29 is 35.6 Å². The lowest BCUT2D eigenvalue weighted by molar-refractivity contribution is -0.143. The number of hydrogen-bond donors (Lipinski definition) is 0. The fourth-order valence-corrected chi connectivity index (χ4v) is 4.59. The van der Waals surface area contributed by atoms with E-state index < -0.39 is 23.5 Å². The molecule has 1 aliphatic rings. The van der Waals surface area contributed by atoms with E-state index in [-0.39, 0.29) is 46.0 Å². The molecule has 0 N–H and O–H groups in total. The average Bonchev–Trinajstić information content (AvgIpc) is 3.60. The van der Waals surface area contributed by atoms with E-state index in [2.05, 4.69) is 9.97 Å². The zero-order valence-electron chi connectivity index (χ0n) is 19.6. The van der Waals surface area contributed by atoms with Gasteiger partial charge in [0, 0.05) is 42.5 Å². The molecule has 0 radical (unpaired) electrons. The summed E-state index contributed by atoms with van der Waals surface area (Å²) < 4.78 is 86.1. The third-order valence-electron chi connectivity index (χ3n) is 6.46. The van der Waals surface area contributed by atoms with Gasteiger partial charge >= 0.3 is 12.4 Å². The highest BCUT2D eigenvalue weighted by Crippen LogP contribution is 2.41. The van der Waals surface area contributed by atoms with Crippen molar-refractivity contribution in [3.63, 3.8) is 0 Å². The van der Waals surface area contributed by atoms with E-state index >= 15 is 0 Å². The number of nitrogens with zero attached hydrogens (tertiary/aromatic N) is 3. The zero-order chi connectivity index (χ0) is 27.1. The summed E-state index contributed by atoms with van der Waals surface area (Å²) in [5, 5.41) is 0. The van der Waals surface area contributed by atoms with Gasteiger partial charge < -0.3 is 9.32 Å². The van der Waals surface area contributed by atoms with Crippen LogP contribution in [0.25, 0.3) is 22.6 Å². The Labute approximate surface area is 212 Å². The number of carbonyl (C=O) groups excluding carboxylic acids is 1. The predicted octanol–water partition coefficient (Wildman–Crippen LogP) is 7.07. The summed E-state index contributed by atoms with van der Waals surface area (Å²) in [5.74, 6) is -0.268. The van der Waals surface area contributed by atoms with Gasteiger partial charge in [-0.15, -0.1) is 0 Å². The minimum Gasteiger partial charge on any atom is -0.445 e. The van der Waals surface area contributed by atoms with E-state index in [0.717, 1.165) is 12.0 Å². The first-order valence-electron chi connectivity index (χ1n) is 11.5. The number of alkyl halides is 6. The van der Waals surface area contributed by atoms with Crippen LogP contribution in [-0.2, 0) is 12.4 Å². The van der Waals surface area contributed by atoms with E-state index in [1.54, 1.807) is 17.3 Å². The predicted molar refractivity (Wildman–Crippen MR) is 125 cm³/mol. The summed E-state index contributed by atoms with van der Waals surface area (Å²) in [5.41, 5.74) is -1.91. The monoisotopic (exact) mass is 531 g/mol. The normalized spacial score (nSPS) is 16.2. The molecule has 38 heavy (non-hydrogen) atoms. The molecule has 0 spiro atoms. The molecule has 3 heterocycles. The second-order valence-electron chi connectivity index (χ2n) is 8.92. The molecule has 1 fully saturated rings. The Morgan fingerprint density at radius 2 is 1.66 bits per heavy atom.